The average molecular weight is 616 g/mol. The third-order valence-electron chi connectivity index (χ3n) is 8.61. The highest BCUT2D eigenvalue weighted by Crippen LogP contribution is 2.46. The van der Waals surface area contributed by atoms with Gasteiger partial charge in [0.1, 0.15) is 11.4 Å². The first-order chi connectivity index (χ1) is 21.7. The molecule has 0 radical (unpaired) electrons. The van der Waals surface area contributed by atoms with Crippen molar-refractivity contribution < 1.29 is 29.6 Å². The van der Waals surface area contributed by atoms with Gasteiger partial charge in [0.25, 0.3) is 5.56 Å². The highest BCUT2D eigenvalue weighted by Gasteiger charge is 2.48. The summed E-state index contributed by atoms with van der Waals surface area (Å²) < 4.78 is 13.4. The lowest BCUT2D eigenvalue weighted by Gasteiger charge is -2.48. The molecule has 1 aliphatic heterocycles. The van der Waals surface area contributed by atoms with E-state index in [2.05, 4.69) is 9.97 Å². The Kier molecular flexibility index (Phi) is 10.2. The van der Waals surface area contributed by atoms with Crippen LogP contribution in [0.5, 0.6) is 0 Å². The molecule has 0 bridgehead atoms. The maximum atomic E-state index is 13.6. The number of aromatic amines is 1. The Morgan fingerprint density at radius 2 is 1.51 bits per heavy atom. The first-order valence-corrected chi connectivity index (χ1v) is 15.1. The Morgan fingerprint density at radius 1 is 0.867 bits per heavy atom. The van der Waals surface area contributed by atoms with E-state index in [1.807, 2.05) is 48.5 Å². The topological polar surface area (TPSA) is 147 Å². The molecule has 9 nitrogen and oxygen atoms in total. The van der Waals surface area contributed by atoms with Gasteiger partial charge in [-0.05, 0) is 85.0 Å². The molecule has 0 aliphatic carbocycles. The maximum absolute atomic E-state index is 13.6. The number of benzene rings is 3. The van der Waals surface area contributed by atoms with Crippen LogP contribution < -0.4 is 10.5 Å². The molecule has 0 spiro atoms. The number of aliphatic hydroxyl groups excluding tert-OH is 3. The molecule has 4 aromatic rings. The molecule has 3 aromatic carbocycles. The SMILES string of the molecule is O=C1[C@H](CC[C@H](O)c2ccc(F)cc2)[C@@H](c2ccc(CCC(O)(CO)CO)cc2)N1c1ccc(CCc2cncc(=O)[nH]2)cc1. The zero-order chi connectivity index (χ0) is 32.0. The van der Waals surface area contributed by atoms with E-state index in [-0.39, 0.29) is 35.7 Å². The van der Waals surface area contributed by atoms with E-state index in [4.69, 9.17) is 0 Å². The number of aliphatic hydroxyl groups is 4. The van der Waals surface area contributed by atoms with E-state index in [9.17, 15) is 34.4 Å². The Balaban J connectivity index is 1.32. The number of nitrogens with zero attached hydrogens (tertiary/aromatic N) is 2. The normalized spacial score (nSPS) is 17.3. The molecular formula is C35H38FN3O6. The lowest BCUT2D eigenvalue weighted by atomic mass is 9.78. The molecule has 10 heteroatoms. The van der Waals surface area contributed by atoms with Crippen LogP contribution in [0.3, 0.4) is 0 Å². The van der Waals surface area contributed by atoms with Crippen molar-refractivity contribution >= 4 is 11.6 Å². The van der Waals surface area contributed by atoms with Crippen molar-refractivity contribution in [3.05, 3.63) is 129 Å². The van der Waals surface area contributed by atoms with Gasteiger partial charge in [-0.15, -0.1) is 0 Å². The number of amides is 1. The van der Waals surface area contributed by atoms with Crippen molar-refractivity contribution in [2.24, 2.45) is 5.92 Å². The lowest BCUT2D eigenvalue weighted by Crippen LogP contribution is -2.55. The summed E-state index contributed by atoms with van der Waals surface area (Å²) in [6, 6.07) is 20.9. The van der Waals surface area contributed by atoms with Crippen LogP contribution in [0.1, 0.15) is 59.4 Å². The second-order valence-corrected chi connectivity index (χ2v) is 11.8. The van der Waals surface area contributed by atoms with Gasteiger partial charge in [0.15, 0.2) is 0 Å². The third kappa shape index (κ3) is 7.72. The molecule has 0 unspecified atom stereocenters. The molecule has 0 saturated carbocycles. The monoisotopic (exact) mass is 615 g/mol. The molecule has 1 aliphatic rings. The van der Waals surface area contributed by atoms with E-state index in [1.54, 1.807) is 23.2 Å². The number of aromatic nitrogens is 2. The first kappa shape index (κ1) is 32.2. The van der Waals surface area contributed by atoms with Crippen molar-refractivity contribution in [1.29, 1.82) is 0 Å². The molecule has 1 fully saturated rings. The van der Waals surface area contributed by atoms with E-state index < -0.39 is 24.9 Å². The number of hydrogen-bond donors (Lipinski definition) is 5. The van der Waals surface area contributed by atoms with Crippen LogP contribution in [0.25, 0.3) is 0 Å². The summed E-state index contributed by atoms with van der Waals surface area (Å²) in [4.78, 5) is 33.6. The second-order valence-electron chi connectivity index (χ2n) is 11.8. The average Bonchev–Trinajstić information content (AvgIpc) is 3.06. The van der Waals surface area contributed by atoms with Crippen LogP contribution in [-0.4, -0.2) is 55.1 Å². The predicted octanol–water partition coefficient (Wildman–Crippen LogP) is 3.56. The Labute approximate surface area is 260 Å². The van der Waals surface area contributed by atoms with E-state index in [0.717, 1.165) is 28.1 Å². The smallest absolute Gasteiger partial charge is 0.266 e. The fourth-order valence-corrected chi connectivity index (χ4v) is 5.80. The van der Waals surface area contributed by atoms with Gasteiger partial charge in [0, 0.05) is 17.6 Å². The molecule has 45 heavy (non-hydrogen) atoms. The van der Waals surface area contributed by atoms with Gasteiger partial charge >= 0.3 is 0 Å². The fraction of sp³-hybridized carbons (Fsp3) is 0.343. The number of aryl methyl sites for hydroxylation is 3. The molecule has 236 valence electrons. The van der Waals surface area contributed by atoms with E-state index in [1.165, 1.54) is 18.3 Å². The van der Waals surface area contributed by atoms with Gasteiger partial charge in [-0.1, -0.05) is 48.5 Å². The molecule has 2 heterocycles. The van der Waals surface area contributed by atoms with E-state index in [0.29, 0.717) is 37.7 Å². The van der Waals surface area contributed by atoms with Crippen LogP contribution in [0, 0.1) is 11.7 Å². The van der Waals surface area contributed by atoms with Crippen LogP contribution in [0.2, 0.25) is 0 Å². The van der Waals surface area contributed by atoms with Crippen LogP contribution in [0.4, 0.5) is 10.1 Å². The molecule has 1 amide bonds. The van der Waals surface area contributed by atoms with Crippen LogP contribution in [-0.2, 0) is 24.1 Å². The summed E-state index contributed by atoms with van der Waals surface area (Å²) in [6.45, 7) is -1.07. The van der Waals surface area contributed by atoms with Gasteiger partial charge in [-0.25, -0.2) is 4.39 Å². The van der Waals surface area contributed by atoms with Gasteiger partial charge in [0.05, 0.1) is 37.5 Å². The number of β-lactam (4-membered cyclic amide) rings is 1. The highest BCUT2D eigenvalue weighted by molar-refractivity contribution is 6.03. The number of rotatable bonds is 14. The summed E-state index contributed by atoms with van der Waals surface area (Å²) in [7, 11) is 0. The zero-order valence-corrected chi connectivity index (χ0v) is 24.8. The standard InChI is InChI=1S/C35H38FN3O6/c36-27-10-8-25(9-11-27)31(42)16-15-30-33(26-6-1-24(2-7-26)17-18-35(45,21-40)22-41)39(34(30)44)29-13-4-23(5-14-29)3-12-28-19-37-20-32(43)38-28/h1-2,4-11,13-14,19-20,30-31,33,40-42,45H,3,12,15-18,21-22H2,(H,38,43)/t30-,31+,33-/m1/s1. The van der Waals surface area contributed by atoms with Gasteiger partial charge in [-0.2, -0.15) is 0 Å². The largest absolute Gasteiger partial charge is 0.393 e. The quantitative estimate of drug-likeness (QED) is 0.136. The Morgan fingerprint density at radius 3 is 2.16 bits per heavy atom. The lowest BCUT2D eigenvalue weighted by molar-refractivity contribution is -0.131. The van der Waals surface area contributed by atoms with Crippen molar-refractivity contribution in [3.63, 3.8) is 0 Å². The van der Waals surface area contributed by atoms with Gasteiger partial charge < -0.3 is 30.3 Å². The maximum Gasteiger partial charge on any atom is 0.266 e. The van der Waals surface area contributed by atoms with Crippen molar-refractivity contribution in [2.75, 3.05) is 18.1 Å². The summed E-state index contributed by atoms with van der Waals surface area (Å²) in [5.74, 6) is -0.802. The predicted molar refractivity (Wildman–Crippen MR) is 167 cm³/mol. The molecular weight excluding hydrogens is 577 g/mol. The molecule has 5 N–H and O–H groups in total. The molecule has 5 rings (SSSR count). The minimum atomic E-state index is -1.55. The van der Waals surface area contributed by atoms with Gasteiger partial charge in [-0.3, -0.25) is 14.6 Å². The number of hydrogen-bond acceptors (Lipinski definition) is 7. The second kappa shape index (κ2) is 14.3. The van der Waals surface area contributed by atoms with Crippen LogP contribution in [0.15, 0.2) is 90.0 Å². The minimum absolute atomic E-state index is 0.0491. The number of H-pyrrole nitrogens is 1. The molecule has 1 saturated heterocycles. The molecule has 1 aromatic heterocycles. The first-order valence-electron chi connectivity index (χ1n) is 15.1. The van der Waals surface area contributed by atoms with Crippen LogP contribution >= 0.6 is 0 Å². The van der Waals surface area contributed by atoms with E-state index >= 15 is 0 Å². The number of halogens is 1. The summed E-state index contributed by atoms with van der Waals surface area (Å²) >= 11 is 0. The Hall–Kier alpha value is -4.22. The number of nitrogens with one attached hydrogen (secondary N) is 1. The minimum Gasteiger partial charge on any atom is -0.393 e. The van der Waals surface area contributed by atoms with Crippen molar-refractivity contribution in [2.45, 2.75) is 56.3 Å². The van der Waals surface area contributed by atoms with Gasteiger partial charge in [0.2, 0.25) is 5.91 Å². The summed E-state index contributed by atoms with van der Waals surface area (Å²) in [5, 5.41) is 39.8. The fourth-order valence-electron chi connectivity index (χ4n) is 5.80. The van der Waals surface area contributed by atoms with Crippen molar-refractivity contribution in [1.82, 2.24) is 9.97 Å². The van der Waals surface area contributed by atoms with Crippen molar-refractivity contribution in [3.8, 4) is 0 Å². The zero-order valence-electron chi connectivity index (χ0n) is 24.8. The third-order valence-corrected chi connectivity index (χ3v) is 8.61. The number of carbonyl (C=O) groups excluding carboxylic acids is 1. The summed E-state index contributed by atoms with van der Waals surface area (Å²) in [6.07, 6.45) is 4.75. The summed E-state index contributed by atoms with van der Waals surface area (Å²) in [5.41, 5.74) is 3.18. The Bertz CT molecular complexity index is 1620. The number of carbonyl (C=O) groups is 1. The number of anilines is 1. The highest BCUT2D eigenvalue weighted by atomic mass is 19.1. The molecule has 3 atom stereocenters.